The Bertz CT molecular complexity index is 1460. The van der Waals surface area contributed by atoms with Crippen LogP contribution >= 0.6 is 0 Å². The molecule has 3 aromatic rings. The summed E-state index contributed by atoms with van der Waals surface area (Å²) >= 11 is 0. The van der Waals surface area contributed by atoms with Crippen molar-refractivity contribution in [1.82, 2.24) is 19.3 Å². The molecule has 0 fully saturated rings. The van der Waals surface area contributed by atoms with Gasteiger partial charge in [-0.05, 0) is 50.8 Å². The second-order valence-corrected chi connectivity index (χ2v) is 10.0. The number of hydrogen-bond donors (Lipinski definition) is 5. The van der Waals surface area contributed by atoms with E-state index >= 15 is 0 Å². The molecule has 0 spiro atoms. The molecule has 0 amide bonds. The lowest BCUT2D eigenvalue weighted by molar-refractivity contribution is -0.150. The molecule has 44 heavy (non-hydrogen) atoms. The van der Waals surface area contributed by atoms with E-state index in [2.05, 4.69) is 22.0 Å². The minimum Gasteiger partial charge on any atom is -0.492 e. The number of ether oxygens (including phenoxy) is 2. The summed E-state index contributed by atoms with van der Waals surface area (Å²) in [5.74, 6) is -0.697. The highest BCUT2D eigenvalue weighted by Gasteiger charge is 2.18. The van der Waals surface area contributed by atoms with Crippen molar-refractivity contribution < 1.29 is 29.3 Å². The third kappa shape index (κ3) is 10.6. The first kappa shape index (κ1) is 35.7. The van der Waals surface area contributed by atoms with Crippen molar-refractivity contribution >= 4 is 28.9 Å². The Morgan fingerprint density at radius 2 is 1.80 bits per heavy atom. The van der Waals surface area contributed by atoms with Gasteiger partial charge in [0.15, 0.2) is 17.6 Å². The Kier molecular flexibility index (Phi) is 14.3. The fourth-order valence-corrected chi connectivity index (χ4v) is 4.34. The SMILES string of the molecule is CCCc1nn(C)c2c(=O)n(CCOc3ccc(C[C@@H](OCC)C(=O)O)cc3)c(C)nc12.NC(N)=NCCCC(N)C(=O)O. The van der Waals surface area contributed by atoms with Gasteiger partial charge in [0.05, 0.1) is 12.2 Å². The van der Waals surface area contributed by atoms with E-state index in [1.54, 1.807) is 35.4 Å². The van der Waals surface area contributed by atoms with Crippen LogP contribution in [0.3, 0.4) is 0 Å². The molecule has 2 heterocycles. The van der Waals surface area contributed by atoms with E-state index in [0.29, 0.717) is 61.8 Å². The highest BCUT2D eigenvalue weighted by molar-refractivity contribution is 5.77. The average Bonchev–Trinajstić information content (AvgIpc) is 3.28. The van der Waals surface area contributed by atoms with Gasteiger partial charge in [0.2, 0.25) is 0 Å². The smallest absolute Gasteiger partial charge is 0.333 e. The van der Waals surface area contributed by atoms with Gasteiger partial charge in [-0.2, -0.15) is 5.10 Å². The maximum absolute atomic E-state index is 13.0. The second-order valence-electron chi connectivity index (χ2n) is 10.0. The Morgan fingerprint density at radius 3 is 2.36 bits per heavy atom. The first-order valence-electron chi connectivity index (χ1n) is 14.4. The largest absolute Gasteiger partial charge is 0.492 e. The standard InChI is InChI=1S/C23H30N4O5.C6H14N4O2/c1-5-7-18-20-21(26(4)25-18)22(28)27(15(3)24-20)12-13-32-17-10-8-16(9-11-17)14-19(23(29)30)31-6-2;7-4(5(11)12)2-1-3-10-6(8)9/h8-11,19H,5-7,12-14H2,1-4H3,(H,29,30);4H,1-3,7H2,(H,11,12)(H4,8,9,10)/t19-;/m1./s1. The zero-order valence-electron chi connectivity index (χ0n) is 25.7. The van der Waals surface area contributed by atoms with Gasteiger partial charge in [0, 0.05) is 26.6 Å². The molecule has 3 rings (SSSR count). The lowest BCUT2D eigenvalue weighted by atomic mass is 10.1. The number of carboxylic acid groups (broad SMARTS) is 2. The van der Waals surface area contributed by atoms with Gasteiger partial charge in [0.25, 0.3) is 5.56 Å². The van der Waals surface area contributed by atoms with Crippen LogP contribution in [-0.4, -0.2) is 79.3 Å². The van der Waals surface area contributed by atoms with Gasteiger partial charge < -0.3 is 36.9 Å². The van der Waals surface area contributed by atoms with Crippen LogP contribution in [-0.2, 0) is 40.8 Å². The van der Waals surface area contributed by atoms with Crippen molar-refractivity contribution in [3.05, 3.63) is 51.7 Å². The Hall–Kier alpha value is -4.50. The summed E-state index contributed by atoms with van der Waals surface area (Å²) in [5.41, 5.74) is 18.1. The summed E-state index contributed by atoms with van der Waals surface area (Å²) < 4.78 is 14.3. The number of hydrogen-bond acceptors (Lipinski definition) is 9. The van der Waals surface area contributed by atoms with E-state index in [1.807, 2.05) is 19.1 Å². The summed E-state index contributed by atoms with van der Waals surface area (Å²) in [7, 11) is 1.77. The van der Waals surface area contributed by atoms with Crippen LogP contribution < -0.4 is 27.5 Å². The Morgan fingerprint density at radius 1 is 1.11 bits per heavy atom. The highest BCUT2D eigenvalue weighted by atomic mass is 16.5. The van der Waals surface area contributed by atoms with Crippen LogP contribution in [0.4, 0.5) is 0 Å². The van der Waals surface area contributed by atoms with Gasteiger partial charge in [0.1, 0.15) is 29.7 Å². The van der Waals surface area contributed by atoms with Crippen molar-refractivity contribution in [2.45, 2.75) is 71.6 Å². The summed E-state index contributed by atoms with van der Waals surface area (Å²) in [5, 5.41) is 22.1. The molecular weight excluding hydrogens is 572 g/mol. The number of carboxylic acids is 2. The molecule has 0 aliphatic heterocycles. The molecule has 15 nitrogen and oxygen atoms in total. The van der Waals surface area contributed by atoms with Gasteiger partial charge >= 0.3 is 11.9 Å². The third-order valence-electron chi connectivity index (χ3n) is 6.55. The number of aryl methyl sites for hydroxylation is 3. The maximum Gasteiger partial charge on any atom is 0.333 e. The van der Waals surface area contributed by atoms with E-state index in [9.17, 15) is 19.5 Å². The van der Waals surface area contributed by atoms with Crippen LogP contribution in [0.2, 0.25) is 0 Å². The van der Waals surface area contributed by atoms with E-state index in [0.717, 1.165) is 24.1 Å². The molecule has 1 aromatic carbocycles. The first-order chi connectivity index (χ1) is 20.9. The van der Waals surface area contributed by atoms with Crippen LogP contribution in [0.1, 0.15) is 50.2 Å². The first-order valence-corrected chi connectivity index (χ1v) is 14.4. The number of carbonyl (C=O) groups is 2. The predicted octanol–water partition coefficient (Wildman–Crippen LogP) is 0.954. The minimum absolute atomic E-state index is 0.0129. The number of fused-ring (bicyclic) bond motifs is 1. The summed E-state index contributed by atoms with van der Waals surface area (Å²) in [6.45, 7) is 7.07. The molecule has 15 heteroatoms. The number of nitrogens with zero attached hydrogens (tertiary/aromatic N) is 5. The summed E-state index contributed by atoms with van der Waals surface area (Å²) in [6.07, 6.45) is 2.09. The molecule has 8 N–H and O–H groups in total. The molecule has 0 saturated carbocycles. The van der Waals surface area contributed by atoms with E-state index in [1.165, 1.54) is 0 Å². The lowest BCUT2D eigenvalue weighted by Gasteiger charge is -2.13. The zero-order valence-corrected chi connectivity index (χ0v) is 25.7. The highest BCUT2D eigenvalue weighted by Crippen LogP contribution is 2.16. The van der Waals surface area contributed by atoms with Crippen LogP contribution in [0.15, 0.2) is 34.1 Å². The number of guanidine groups is 1. The summed E-state index contributed by atoms with van der Waals surface area (Å²) in [4.78, 5) is 42.8. The van der Waals surface area contributed by atoms with Crippen molar-refractivity contribution in [1.29, 1.82) is 0 Å². The number of nitrogens with two attached hydrogens (primary N) is 3. The number of benzene rings is 1. The maximum atomic E-state index is 13.0. The average molecular weight is 617 g/mol. The molecular formula is C29H44N8O7. The fraction of sp³-hybridized carbons (Fsp3) is 0.517. The van der Waals surface area contributed by atoms with Gasteiger partial charge in [-0.15, -0.1) is 0 Å². The van der Waals surface area contributed by atoms with Crippen molar-refractivity contribution in [2.75, 3.05) is 19.8 Å². The monoisotopic (exact) mass is 616 g/mol. The van der Waals surface area contributed by atoms with Gasteiger partial charge in [-0.25, -0.2) is 9.78 Å². The molecule has 0 radical (unpaired) electrons. The van der Waals surface area contributed by atoms with E-state index in [-0.39, 0.29) is 17.9 Å². The summed E-state index contributed by atoms with van der Waals surface area (Å²) in [6, 6.07) is 6.39. The number of aliphatic carboxylic acids is 2. The Balaban J connectivity index is 0.000000477. The van der Waals surface area contributed by atoms with Crippen LogP contribution in [0.5, 0.6) is 5.75 Å². The predicted molar refractivity (Wildman–Crippen MR) is 166 cm³/mol. The molecule has 1 unspecified atom stereocenters. The van der Waals surface area contributed by atoms with Crippen LogP contribution in [0, 0.1) is 6.92 Å². The molecule has 0 saturated heterocycles. The Labute approximate surface area is 255 Å². The lowest BCUT2D eigenvalue weighted by Crippen LogP contribution is -2.30. The second kappa shape index (κ2) is 17.6. The van der Waals surface area contributed by atoms with E-state index < -0.39 is 24.1 Å². The molecule has 0 bridgehead atoms. The topological polar surface area (TPSA) is 236 Å². The third-order valence-corrected chi connectivity index (χ3v) is 6.55. The van der Waals surface area contributed by atoms with Gasteiger partial charge in [-0.1, -0.05) is 25.5 Å². The zero-order chi connectivity index (χ0) is 32.8. The normalized spacial score (nSPS) is 12.2. The fourth-order valence-electron chi connectivity index (χ4n) is 4.34. The molecule has 242 valence electrons. The van der Waals surface area contributed by atoms with Crippen molar-refractivity contribution in [3.8, 4) is 5.75 Å². The minimum atomic E-state index is -1.00. The molecule has 0 aliphatic carbocycles. The number of rotatable bonds is 16. The van der Waals surface area contributed by atoms with Crippen LogP contribution in [0.25, 0.3) is 11.0 Å². The number of aliphatic imine (C=N–C) groups is 1. The molecule has 0 aliphatic rings. The van der Waals surface area contributed by atoms with Crippen molar-refractivity contribution in [3.63, 3.8) is 0 Å². The van der Waals surface area contributed by atoms with E-state index in [4.69, 9.17) is 31.8 Å². The number of aromatic nitrogens is 4. The van der Waals surface area contributed by atoms with Crippen molar-refractivity contribution in [2.24, 2.45) is 29.2 Å². The molecule has 2 aromatic heterocycles. The molecule has 2 atom stereocenters. The van der Waals surface area contributed by atoms with Gasteiger partial charge in [-0.3, -0.25) is 23.8 Å². The quantitative estimate of drug-likeness (QED) is 0.0859.